The number of hydrogen-bond acceptors (Lipinski definition) is 2. The van der Waals surface area contributed by atoms with Crippen LogP contribution in [-0.2, 0) is 4.79 Å². The lowest BCUT2D eigenvalue weighted by molar-refractivity contribution is -0.155. The number of carbonyl (C=O) groups is 1. The third-order valence-corrected chi connectivity index (χ3v) is 3.36. The molecule has 3 heteroatoms. The quantitative estimate of drug-likeness (QED) is 0.715. The summed E-state index contributed by atoms with van der Waals surface area (Å²) in [5, 5.41) is 18.5. The maximum Gasteiger partial charge on any atom is 0.309 e. The van der Waals surface area contributed by atoms with Gasteiger partial charge in [0.25, 0.3) is 0 Å². The molecule has 0 aromatic heterocycles. The highest BCUT2D eigenvalue weighted by Gasteiger charge is 2.46. The molecule has 0 aliphatic heterocycles. The molecular weight excluding hydrogens is 180 g/mol. The van der Waals surface area contributed by atoms with Gasteiger partial charge in [0.15, 0.2) is 0 Å². The molecular formula is C11H20O3. The molecule has 0 amide bonds. The molecule has 3 nitrogen and oxygen atoms in total. The predicted octanol–water partition coefficient (Wildman–Crippen LogP) is 1.90. The summed E-state index contributed by atoms with van der Waals surface area (Å²) in [5.41, 5.74) is -0.875. The second-order valence-electron chi connectivity index (χ2n) is 5.52. The molecule has 1 rings (SSSR count). The molecule has 0 saturated heterocycles. The number of aliphatic hydroxyl groups is 1. The van der Waals surface area contributed by atoms with Crippen LogP contribution in [0.25, 0.3) is 0 Å². The molecule has 82 valence electrons. The summed E-state index contributed by atoms with van der Waals surface area (Å²) < 4.78 is 0. The minimum atomic E-state index is -0.733. The van der Waals surface area contributed by atoms with E-state index < -0.39 is 11.4 Å². The number of aliphatic hydroxyl groups excluding tert-OH is 1. The summed E-state index contributed by atoms with van der Waals surface area (Å²) in [7, 11) is 0. The third-order valence-electron chi connectivity index (χ3n) is 3.36. The minimum Gasteiger partial charge on any atom is -0.481 e. The van der Waals surface area contributed by atoms with Crippen molar-refractivity contribution in [1.29, 1.82) is 0 Å². The normalized spacial score (nSPS) is 43.6. The molecule has 0 spiro atoms. The van der Waals surface area contributed by atoms with Gasteiger partial charge in [-0.15, -0.1) is 0 Å². The van der Waals surface area contributed by atoms with Crippen molar-refractivity contribution < 1.29 is 15.0 Å². The highest BCUT2D eigenvalue weighted by Crippen LogP contribution is 2.48. The fraction of sp³-hybridized carbons (Fsp3) is 0.909. The molecule has 3 unspecified atom stereocenters. The van der Waals surface area contributed by atoms with Crippen molar-refractivity contribution in [2.45, 2.75) is 40.0 Å². The summed E-state index contributed by atoms with van der Waals surface area (Å²) in [6.07, 6.45) is 2.22. The van der Waals surface area contributed by atoms with Gasteiger partial charge in [-0.25, -0.2) is 0 Å². The molecule has 14 heavy (non-hydrogen) atoms. The van der Waals surface area contributed by atoms with Crippen LogP contribution in [0, 0.1) is 16.7 Å². The monoisotopic (exact) mass is 200 g/mol. The first kappa shape index (κ1) is 11.5. The van der Waals surface area contributed by atoms with E-state index >= 15 is 0 Å². The Morgan fingerprint density at radius 2 is 2.00 bits per heavy atom. The van der Waals surface area contributed by atoms with Gasteiger partial charge >= 0.3 is 5.97 Å². The molecule has 1 saturated carbocycles. The van der Waals surface area contributed by atoms with Gasteiger partial charge in [-0.1, -0.05) is 13.8 Å². The molecule has 3 atom stereocenters. The Morgan fingerprint density at radius 3 is 2.43 bits per heavy atom. The smallest absolute Gasteiger partial charge is 0.309 e. The van der Waals surface area contributed by atoms with Crippen LogP contribution >= 0.6 is 0 Å². The van der Waals surface area contributed by atoms with Crippen LogP contribution in [0.15, 0.2) is 0 Å². The zero-order valence-electron chi connectivity index (χ0n) is 9.21. The first-order chi connectivity index (χ1) is 6.31. The lowest BCUT2D eigenvalue weighted by Crippen LogP contribution is -2.43. The van der Waals surface area contributed by atoms with Crippen molar-refractivity contribution in [2.24, 2.45) is 16.7 Å². The fourth-order valence-corrected chi connectivity index (χ4v) is 3.05. The van der Waals surface area contributed by atoms with E-state index in [2.05, 4.69) is 6.92 Å². The molecule has 1 aliphatic rings. The van der Waals surface area contributed by atoms with Crippen LogP contribution in [0.4, 0.5) is 0 Å². The second-order valence-corrected chi connectivity index (χ2v) is 5.52. The van der Waals surface area contributed by atoms with Gasteiger partial charge < -0.3 is 10.2 Å². The summed E-state index contributed by atoms with van der Waals surface area (Å²) in [6, 6.07) is 0. The largest absolute Gasteiger partial charge is 0.481 e. The molecule has 0 heterocycles. The van der Waals surface area contributed by atoms with Gasteiger partial charge in [0.05, 0.1) is 5.41 Å². The van der Waals surface area contributed by atoms with Gasteiger partial charge in [-0.3, -0.25) is 4.79 Å². The van der Waals surface area contributed by atoms with Gasteiger partial charge in [-0.05, 0) is 37.5 Å². The van der Waals surface area contributed by atoms with Crippen LogP contribution in [0.3, 0.4) is 0 Å². The minimum absolute atomic E-state index is 0.0835. The highest BCUT2D eigenvalue weighted by molar-refractivity contribution is 5.74. The SMILES string of the molecule is CC1CC(C)(CO)CC(C)(C(=O)O)C1. The predicted molar refractivity (Wildman–Crippen MR) is 54.0 cm³/mol. The van der Waals surface area contributed by atoms with Crippen molar-refractivity contribution in [3.63, 3.8) is 0 Å². The van der Waals surface area contributed by atoms with Crippen molar-refractivity contribution in [3.8, 4) is 0 Å². The van der Waals surface area contributed by atoms with Crippen molar-refractivity contribution in [3.05, 3.63) is 0 Å². The third kappa shape index (κ3) is 2.08. The first-order valence-corrected chi connectivity index (χ1v) is 5.16. The Bertz CT molecular complexity index is 239. The number of carboxylic acids is 1. The van der Waals surface area contributed by atoms with Crippen LogP contribution in [0.2, 0.25) is 0 Å². The summed E-state index contributed by atoms with van der Waals surface area (Å²) in [6.45, 7) is 5.91. The van der Waals surface area contributed by atoms with Gasteiger partial charge in [0.1, 0.15) is 0 Å². The molecule has 1 aliphatic carbocycles. The Balaban J connectivity index is 2.87. The summed E-state index contributed by atoms with van der Waals surface area (Å²) in [5.74, 6) is -0.356. The van der Waals surface area contributed by atoms with Crippen molar-refractivity contribution in [1.82, 2.24) is 0 Å². The lowest BCUT2D eigenvalue weighted by atomic mass is 9.60. The van der Waals surface area contributed by atoms with E-state index in [1.54, 1.807) is 6.92 Å². The Morgan fingerprint density at radius 1 is 1.43 bits per heavy atom. The molecule has 0 aromatic rings. The van der Waals surface area contributed by atoms with Crippen molar-refractivity contribution >= 4 is 5.97 Å². The fourth-order valence-electron chi connectivity index (χ4n) is 3.05. The standard InChI is InChI=1S/C11H20O3/c1-8-4-10(2,7-12)6-11(3,5-8)9(13)14/h8,12H,4-7H2,1-3H3,(H,13,14). The number of carboxylic acid groups (broad SMARTS) is 1. The van der Waals surface area contributed by atoms with Crippen LogP contribution in [0.5, 0.6) is 0 Å². The van der Waals surface area contributed by atoms with E-state index in [-0.39, 0.29) is 12.0 Å². The number of aliphatic carboxylic acids is 1. The van der Waals surface area contributed by atoms with E-state index in [0.29, 0.717) is 12.3 Å². The Hall–Kier alpha value is -0.570. The highest BCUT2D eigenvalue weighted by atomic mass is 16.4. The van der Waals surface area contributed by atoms with Crippen LogP contribution in [-0.4, -0.2) is 22.8 Å². The Kier molecular flexibility index (Phi) is 2.91. The van der Waals surface area contributed by atoms with Crippen LogP contribution in [0.1, 0.15) is 40.0 Å². The van der Waals surface area contributed by atoms with Crippen molar-refractivity contribution in [2.75, 3.05) is 6.61 Å². The van der Waals surface area contributed by atoms with E-state index in [4.69, 9.17) is 5.11 Å². The maximum atomic E-state index is 11.1. The Labute approximate surface area is 85.1 Å². The average Bonchev–Trinajstić information content (AvgIpc) is 2.01. The summed E-state index contributed by atoms with van der Waals surface area (Å²) >= 11 is 0. The zero-order chi connectivity index (χ0) is 11.0. The second kappa shape index (κ2) is 3.54. The zero-order valence-corrected chi connectivity index (χ0v) is 9.21. The molecule has 0 aromatic carbocycles. The summed E-state index contributed by atoms with van der Waals surface area (Å²) in [4.78, 5) is 11.1. The van der Waals surface area contributed by atoms with E-state index in [1.165, 1.54) is 0 Å². The van der Waals surface area contributed by atoms with E-state index in [0.717, 1.165) is 12.8 Å². The van der Waals surface area contributed by atoms with E-state index in [1.807, 2.05) is 6.92 Å². The topological polar surface area (TPSA) is 57.5 Å². The lowest BCUT2D eigenvalue weighted by Gasteiger charge is -2.44. The van der Waals surface area contributed by atoms with Gasteiger partial charge in [0.2, 0.25) is 0 Å². The average molecular weight is 200 g/mol. The van der Waals surface area contributed by atoms with Gasteiger partial charge in [0, 0.05) is 6.61 Å². The molecule has 2 N–H and O–H groups in total. The van der Waals surface area contributed by atoms with E-state index in [9.17, 15) is 9.90 Å². The van der Waals surface area contributed by atoms with Crippen LogP contribution < -0.4 is 0 Å². The first-order valence-electron chi connectivity index (χ1n) is 5.16. The number of rotatable bonds is 2. The molecule has 0 bridgehead atoms. The number of hydrogen-bond donors (Lipinski definition) is 2. The molecule has 0 radical (unpaired) electrons. The van der Waals surface area contributed by atoms with Gasteiger partial charge in [-0.2, -0.15) is 0 Å². The molecule has 1 fully saturated rings. The maximum absolute atomic E-state index is 11.1.